The van der Waals surface area contributed by atoms with Crippen LogP contribution in [0.3, 0.4) is 0 Å². The maximum atomic E-state index is 12.4. The van der Waals surface area contributed by atoms with Gasteiger partial charge in [-0.2, -0.15) is 0 Å². The van der Waals surface area contributed by atoms with Crippen molar-refractivity contribution in [1.82, 2.24) is 5.32 Å². The molecule has 5 heteroatoms. The Balaban J connectivity index is 1.66. The Morgan fingerprint density at radius 1 is 0.962 bits per heavy atom. The second kappa shape index (κ2) is 8.23. The molecular formula is C21H20BrNO3. The third-order valence-corrected chi connectivity index (χ3v) is 4.98. The van der Waals surface area contributed by atoms with E-state index in [4.69, 9.17) is 9.47 Å². The van der Waals surface area contributed by atoms with E-state index in [-0.39, 0.29) is 5.91 Å². The number of rotatable bonds is 6. The summed E-state index contributed by atoms with van der Waals surface area (Å²) >= 11 is 3.54. The molecule has 3 aromatic carbocycles. The van der Waals surface area contributed by atoms with Gasteiger partial charge in [0, 0.05) is 16.6 Å². The molecule has 1 amide bonds. The Hall–Kier alpha value is -2.53. The molecule has 0 radical (unpaired) electrons. The Bertz CT molecular complexity index is 940. The lowest BCUT2D eigenvalue weighted by Crippen LogP contribution is -2.25. The number of carbonyl (C=O) groups excluding carboxylic acids is 1. The van der Waals surface area contributed by atoms with E-state index in [1.165, 1.54) is 0 Å². The highest BCUT2D eigenvalue weighted by Crippen LogP contribution is 2.33. The Morgan fingerprint density at radius 2 is 1.65 bits per heavy atom. The summed E-state index contributed by atoms with van der Waals surface area (Å²) in [6.45, 7) is 0.528. The number of hydrogen-bond donors (Lipinski definition) is 1. The zero-order valence-electron chi connectivity index (χ0n) is 14.7. The smallest absolute Gasteiger partial charge is 0.251 e. The lowest BCUT2D eigenvalue weighted by atomic mass is 10.1. The maximum Gasteiger partial charge on any atom is 0.251 e. The fraction of sp³-hybridized carbons (Fsp3) is 0.190. The first-order valence-corrected chi connectivity index (χ1v) is 9.09. The molecule has 1 N–H and O–H groups in total. The van der Waals surface area contributed by atoms with Crippen LogP contribution in [0.4, 0.5) is 0 Å². The number of carbonyl (C=O) groups is 1. The van der Waals surface area contributed by atoms with Crippen LogP contribution < -0.4 is 14.8 Å². The highest BCUT2D eigenvalue weighted by Gasteiger charge is 2.11. The summed E-state index contributed by atoms with van der Waals surface area (Å²) in [5.74, 6) is 1.27. The summed E-state index contributed by atoms with van der Waals surface area (Å²) < 4.78 is 11.5. The van der Waals surface area contributed by atoms with E-state index < -0.39 is 0 Å². The molecule has 0 aliphatic rings. The molecule has 0 unspecified atom stereocenters. The molecule has 0 aromatic heterocycles. The van der Waals surface area contributed by atoms with Crippen LogP contribution in [-0.4, -0.2) is 26.7 Å². The monoisotopic (exact) mass is 413 g/mol. The van der Waals surface area contributed by atoms with Crippen molar-refractivity contribution in [3.05, 3.63) is 70.2 Å². The molecule has 3 rings (SSSR count). The van der Waals surface area contributed by atoms with Gasteiger partial charge >= 0.3 is 0 Å². The second-order valence-electron chi connectivity index (χ2n) is 5.87. The predicted octanol–water partition coefficient (Wildman–Crippen LogP) is 4.59. The molecule has 0 aliphatic heterocycles. The fourth-order valence-electron chi connectivity index (χ4n) is 2.83. The third-order valence-electron chi connectivity index (χ3n) is 4.24. The van der Waals surface area contributed by atoms with E-state index in [1.807, 2.05) is 54.6 Å². The fourth-order valence-corrected chi connectivity index (χ4v) is 3.35. The number of methoxy groups -OCH3 is 2. The Kier molecular flexibility index (Phi) is 5.78. The summed E-state index contributed by atoms with van der Waals surface area (Å²) in [5, 5.41) is 5.16. The molecule has 134 valence electrons. The zero-order valence-corrected chi connectivity index (χ0v) is 16.3. The van der Waals surface area contributed by atoms with Crippen LogP contribution in [0.1, 0.15) is 15.9 Å². The number of halogens is 1. The van der Waals surface area contributed by atoms with Crippen molar-refractivity contribution in [2.45, 2.75) is 6.42 Å². The summed E-state index contributed by atoms with van der Waals surface area (Å²) in [6.07, 6.45) is 0.681. The van der Waals surface area contributed by atoms with Gasteiger partial charge in [-0.3, -0.25) is 4.79 Å². The molecule has 0 fully saturated rings. The first-order chi connectivity index (χ1) is 12.6. The van der Waals surface area contributed by atoms with E-state index in [0.717, 1.165) is 20.8 Å². The first-order valence-electron chi connectivity index (χ1n) is 8.30. The average Bonchev–Trinajstić information content (AvgIpc) is 2.68. The van der Waals surface area contributed by atoms with Crippen LogP contribution in [-0.2, 0) is 6.42 Å². The third kappa shape index (κ3) is 3.99. The van der Waals surface area contributed by atoms with Gasteiger partial charge < -0.3 is 14.8 Å². The molecule has 0 saturated carbocycles. The van der Waals surface area contributed by atoms with Gasteiger partial charge in [0.05, 0.1) is 14.2 Å². The van der Waals surface area contributed by atoms with Crippen molar-refractivity contribution in [2.24, 2.45) is 0 Å². The van der Waals surface area contributed by atoms with Crippen LogP contribution in [0.2, 0.25) is 0 Å². The Labute approximate surface area is 161 Å². The van der Waals surface area contributed by atoms with Crippen LogP contribution in [0.5, 0.6) is 11.5 Å². The molecule has 0 heterocycles. The van der Waals surface area contributed by atoms with Crippen molar-refractivity contribution < 1.29 is 14.3 Å². The standard InChI is InChI=1S/C21H20BrNO3/c1-25-19-12-16(18(22)13-20(19)26-2)9-10-23-21(24)17-8-7-14-5-3-4-6-15(14)11-17/h3-8,11-13H,9-10H2,1-2H3,(H,23,24). The van der Waals surface area contributed by atoms with Crippen molar-refractivity contribution in [1.29, 1.82) is 0 Å². The summed E-state index contributed by atoms with van der Waals surface area (Å²) in [6, 6.07) is 17.5. The van der Waals surface area contributed by atoms with Crippen LogP contribution in [0.25, 0.3) is 10.8 Å². The van der Waals surface area contributed by atoms with Gasteiger partial charge in [-0.05, 0) is 47.0 Å². The first kappa shape index (κ1) is 18.3. The molecule has 0 aliphatic carbocycles. The predicted molar refractivity (Wildman–Crippen MR) is 107 cm³/mol. The molecule has 26 heavy (non-hydrogen) atoms. The van der Waals surface area contributed by atoms with Crippen LogP contribution >= 0.6 is 15.9 Å². The van der Waals surface area contributed by atoms with Crippen molar-refractivity contribution >= 4 is 32.6 Å². The highest BCUT2D eigenvalue weighted by atomic mass is 79.9. The summed E-state index contributed by atoms with van der Waals surface area (Å²) in [7, 11) is 3.21. The molecule has 0 spiro atoms. The quantitative estimate of drug-likeness (QED) is 0.642. The summed E-state index contributed by atoms with van der Waals surface area (Å²) in [5.41, 5.74) is 1.71. The van der Waals surface area contributed by atoms with Crippen LogP contribution in [0, 0.1) is 0 Å². The average molecular weight is 414 g/mol. The van der Waals surface area contributed by atoms with E-state index in [9.17, 15) is 4.79 Å². The lowest BCUT2D eigenvalue weighted by Gasteiger charge is -2.12. The van der Waals surface area contributed by atoms with Gasteiger partial charge in [-0.15, -0.1) is 0 Å². The van der Waals surface area contributed by atoms with Crippen molar-refractivity contribution in [3.63, 3.8) is 0 Å². The van der Waals surface area contributed by atoms with Crippen molar-refractivity contribution in [3.8, 4) is 11.5 Å². The van der Waals surface area contributed by atoms with Crippen LogP contribution in [0.15, 0.2) is 59.1 Å². The molecule has 3 aromatic rings. The minimum absolute atomic E-state index is 0.0765. The molecule has 0 saturated heterocycles. The topological polar surface area (TPSA) is 47.6 Å². The molecular weight excluding hydrogens is 394 g/mol. The SMILES string of the molecule is COc1cc(Br)c(CCNC(=O)c2ccc3ccccc3c2)cc1OC. The van der Waals surface area contributed by atoms with E-state index >= 15 is 0 Å². The molecule has 4 nitrogen and oxygen atoms in total. The number of benzene rings is 3. The number of ether oxygens (including phenoxy) is 2. The van der Waals surface area contributed by atoms with Gasteiger partial charge in [-0.1, -0.05) is 46.3 Å². The maximum absolute atomic E-state index is 12.4. The minimum Gasteiger partial charge on any atom is -0.493 e. The Morgan fingerprint density at radius 3 is 2.38 bits per heavy atom. The number of hydrogen-bond acceptors (Lipinski definition) is 3. The number of fused-ring (bicyclic) bond motifs is 1. The lowest BCUT2D eigenvalue weighted by molar-refractivity contribution is 0.0954. The van der Waals surface area contributed by atoms with Gasteiger partial charge in [0.25, 0.3) is 5.91 Å². The van der Waals surface area contributed by atoms with Crippen molar-refractivity contribution in [2.75, 3.05) is 20.8 Å². The van der Waals surface area contributed by atoms with E-state index in [0.29, 0.717) is 30.0 Å². The molecule has 0 bridgehead atoms. The van der Waals surface area contributed by atoms with Gasteiger partial charge in [0.15, 0.2) is 11.5 Å². The largest absolute Gasteiger partial charge is 0.493 e. The van der Waals surface area contributed by atoms with E-state index in [1.54, 1.807) is 14.2 Å². The van der Waals surface area contributed by atoms with Gasteiger partial charge in [-0.25, -0.2) is 0 Å². The minimum atomic E-state index is -0.0765. The summed E-state index contributed by atoms with van der Waals surface area (Å²) in [4.78, 5) is 12.4. The van der Waals surface area contributed by atoms with Gasteiger partial charge in [0.1, 0.15) is 0 Å². The van der Waals surface area contributed by atoms with Gasteiger partial charge in [0.2, 0.25) is 0 Å². The highest BCUT2D eigenvalue weighted by molar-refractivity contribution is 9.10. The normalized spacial score (nSPS) is 10.6. The molecule has 0 atom stereocenters. The second-order valence-corrected chi connectivity index (χ2v) is 6.72. The number of nitrogens with one attached hydrogen (secondary N) is 1. The van der Waals surface area contributed by atoms with E-state index in [2.05, 4.69) is 21.2 Å². The number of amides is 1. The zero-order chi connectivity index (χ0) is 18.5.